The fourth-order valence-corrected chi connectivity index (χ4v) is 2.33. The molecule has 1 aromatic rings. The molecule has 0 aliphatic rings. The highest BCUT2D eigenvalue weighted by Gasteiger charge is 2.20. The highest BCUT2D eigenvalue weighted by molar-refractivity contribution is 7.85. The van der Waals surface area contributed by atoms with Crippen LogP contribution in [0.25, 0.3) is 0 Å². The second-order valence-corrected chi connectivity index (χ2v) is 5.41. The molecule has 0 aliphatic carbocycles. The van der Waals surface area contributed by atoms with Gasteiger partial charge in [-0.1, -0.05) is 11.6 Å². The van der Waals surface area contributed by atoms with Gasteiger partial charge in [-0.3, -0.25) is 9.00 Å². The van der Waals surface area contributed by atoms with E-state index in [0.29, 0.717) is 5.56 Å². The van der Waals surface area contributed by atoms with Crippen molar-refractivity contribution < 1.29 is 18.5 Å². The van der Waals surface area contributed by atoms with Crippen LogP contribution in [-0.4, -0.2) is 20.5 Å². The monoisotopic (exact) mass is 264 g/mol. The van der Waals surface area contributed by atoms with Crippen molar-refractivity contribution in [1.82, 2.24) is 0 Å². The molecule has 2 atom stereocenters. The summed E-state index contributed by atoms with van der Waals surface area (Å²) in [6.45, 7) is 1.34. The van der Waals surface area contributed by atoms with E-state index in [2.05, 4.69) is 0 Å². The Morgan fingerprint density at radius 1 is 1.62 bits per heavy atom. The molecule has 0 bridgehead atoms. The number of carboxylic acids is 1. The molecule has 16 heavy (non-hydrogen) atoms. The van der Waals surface area contributed by atoms with Gasteiger partial charge in [-0.15, -0.1) is 0 Å². The first-order chi connectivity index (χ1) is 7.41. The highest BCUT2D eigenvalue weighted by Crippen LogP contribution is 2.19. The lowest BCUT2D eigenvalue weighted by atomic mass is 10.2. The van der Waals surface area contributed by atoms with E-state index >= 15 is 0 Å². The second kappa shape index (κ2) is 5.41. The number of carboxylic acid groups (broad SMARTS) is 1. The normalized spacial score (nSPS) is 14.4. The summed E-state index contributed by atoms with van der Waals surface area (Å²) < 4.78 is 24.4. The molecule has 0 spiro atoms. The molecule has 88 valence electrons. The Morgan fingerprint density at radius 3 is 2.81 bits per heavy atom. The van der Waals surface area contributed by atoms with E-state index in [0.717, 1.165) is 6.07 Å². The van der Waals surface area contributed by atoms with E-state index < -0.39 is 27.8 Å². The second-order valence-electron chi connectivity index (χ2n) is 3.24. The third-order valence-electron chi connectivity index (χ3n) is 2.05. The van der Waals surface area contributed by atoms with Gasteiger partial charge >= 0.3 is 5.97 Å². The molecule has 1 rings (SSSR count). The van der Waals surface area contributed by atoms with Gasteiger partial charge in [-0.25, -0.2) is 4.39 Å². The fourth-order valence-electron chi connectivity index (χ4n) is 1.04. The first-order valence-electron chi connectivity index (χ1n) is 4.45. The summed E-state index contributed by atoms with van der Waals surface area (Å²) in [7, 11) is -1.62. The van der Waals surface area contributed by atoms with Crippen LogP contribution in [0, 0.1) is 5.82 Å². The zero-order chi connectivity index (χ0) is 12.3. The SMILES string of the molecule is CC(C(=O)O)S(=O)Cc1cc(F)ccc1Cl. The van der Waals surface area contributed by atoms with Crippen LogP contribution in [0.4, 0.5) is 4.39 Å². The van der Waals surface area contributed by atoms with Crippen LogP contribution in [-0.2, 0) is 21.3 Å². The predicted octanol–water partition coefficient (Wildman–Crippen LogP) is 2.20. The summed E-state index contributed by atoms with van der Waals surface area (Å²) in [5.74, 6) is -1.70. The molecule has 0 saturated carbocycles. The molecule has 2 unspecified atom stereocenters. The average Bonchev–Trinajstić information content (AvgIpc) is 2.22. The lowest BCUT2D eigenvalue weighted by Gasteiger charge is -2.08. The first-order valence-corrected chi connectivity index (χ1v) is 6.21. The van der Waals surface area contributed by atoms with E-state index in [1.807, 2.05) is 0 Å². The Bertz CT molecular complexity index is 436. The summed E-state index contributed by atoms with van der Waals surface area (Å²) in [5, 5.41) is 7.94. The van der Waals surface area contributed by atoms with Crippen LogP contribution in [0.5, 0.6) is 0 Å². The van der Waals surface area contributed by atoms with E-state index in [1.54, 1.807) is 0 Å². The lowest BCUT2D eigenvalue weighted by Crippen LogP contribution is -2.22. The third kappa shape index (κ3) is 3.28. The Morgan fingerprint density at radius 2 is 2.25 bits per heavy atom. The largest absolute Gasteiger partial charge is 0.480 e. The van der Waals surface area contributed by atoms with Gasteiger partial charge in [0.1, 0.15) is 11.1 Å². The number of benzene rings is 1. The van der Waals surface area contributed by atoms with Crippen LogP contribution in [0.2, 0.25) is 5.02 Å². The summed E-state index contributed by atoms with van der Waals surface area (Å²) in [5.41, 5.74) is 0.355. The van der Waals surface area contributed by atoms with Crippen molar-refractivity contribution >= 4 is 28.4 Å². The van der Waals surface area contributed by atoms with Crippen LogP contribution in [0.3, 0.4) is 0 Å². The summed E-state index contributed by atoms with van der Waals surface area (Å²) >= 11 is 5.78. The van der Waals surface area contributed by atoms with Gasteiger partial charge < -0.3 is 5.11 Å². The average molecular weight is 265 g/mol. The standard InChI is InChI=1S/C10H10ClFO3S/c1-6(10(13)14)16(15)5-7-4-8(12)2-3-9(7)11/h2-4,6H,5H2,1H3,(H,13,14). The number of halogens is 2. The molecule has 0 aliphatic heterocycles. The minimum Gasteiger partial charge on any atom is -0.480 e. The minimum absolute atomic E-state index is 0.0654. The van der Waals surface area contributed by atoms with Crippen molar-refractivity contribution in [3.05, 3.63) is 34.6 Å². The predicted molar refractivity (Wildman–Crippen MR) is 60.4 cm³/mol. The number of rotatable bonds is 4. The van der Waals surface area contributed by atoms with E-state index in [4.69, 9.17) is 16.7 Å². The fraction of sp³-hybridized carbons (Fsp3) is 0.300. The molecular formula is C10H10ClFO3S. The topological polar surface area (TPSA) is 54.4 Å². The Balaban J connectivity index is 2.84. The van der Waals surface area contributed by atoms with Crippen LogP contribution in [0.15, 0.2) is 18.2 Å². The van der Waals surface area contributed by atoms with Gasteiger partial charge in [-0.05, 0) is 30.7 Å². The van der Waals surface area contributed by atoms with Gasteiger partial charge in [-0.2, -0.15) is 0 Å². The lowest BCUT2D eigenvalue weighted by molar-refractivity contribution is -0.136. The van der Waals surface area contributed by atoms with Crippen LogP contribution < -0.4 is 0 Å². The summed E-state index contributed by atoms with van der Waals surface area (Å²) in [6, 6.07) is 3.71. The van der Waals surface area contributed by atoms with Crippen molar-refractivity contribution in [2.24, 2.45) is 0 Å². The quantitative estimate of drug-likeness (QED) is 0.907. The summed E-state index contributed by atoms with van der Waals surface area (Å²) in [6.07, 6.45) is 0. The molecule has 0 aromatic heterocycles. The zero-order valence-electron chi connectivity index (χ0n) is 8.44. The number of aliphatic carboxylic acids is 1. The maximum absolute atomic E-state index is 12.9. The molecule has 0 radical (unpaired) electrons. The molecule has 0 heterocycles. The molecular weight excluding hydrogens is 255 g/mol. The third-order valence-corrected chi connectivity index (χ3v) is 4.00. The van der Waals surface area contributed by atoms with E-state index in [1.165, 1.54) is 19.1 Å². The van der Waals surface area contributed by atoms with Crippen molar-refractivity contribution in [2.45, 2.75) is 17.9 Å². The smallest absolute Gasteiger partial charge is 0.318 e. The number of carbonyl (C=O) groups is 1. The van der Waals surface area contributed by atoms with E-state index in [9.17, 15) is 13.4 Å². The van der Waals surface area contributed by atoms with Crippen LogP contribution in [0.1, 0.15) is 12.5 Å². The molecule has 1 aromatic carbocycles. The Kier molecular flexibility index (Phi) is 4.44. The van der Waals surface area contributed by atoms with Gasteiger partial charge in [0, 0.05) is 15.8 Å². The van der Waals surface area contributed by atoms with E-state index in [-0.39, 0.29) is 10.8 Å². The number of hydrogen-bond acceptors (Lipinski definition) is 2. The zero-order valence-corrected chi connectivity index (χ0v) is 10.0. The maximum Gasteiger partial charge on any atom is 0.318 e. The summed E-state index contributed by atoms with van der Waals surface area (Å²) in [4.78, 5) is 10.6. The van der Waals surface area contributed by atoms with Crippen molar-refractivity contribution in [1.29, 1.82) is 0 Å². The highest BCUT2D eigenvalue weighted by atomic mass is 35.5. The van der Waals surface area contributed by atoms with Crippen LogP contribution >= 0.6 is 11.6 Å². The molecule has 3 nitrogen and oxygen atoms in total. The van der Waals surface area contributed by atoms with Crippen molar-refractivity contribution in [3.63, 3.8) is 0 Å². The first kappa shape index (κ1) is 13.1. The van der Waals surface area contributed by atoms with Crippen molar-refractivity contribution in [3.8, 4) is 0 Å². The number of hydrogen-bond donors (Lipinski definition) is 1. The molecule has 1 N–H and O–H groups in total. The van der Waals surface area contributed by atoms with Gasteiger partial charge in [0.25, 0.3) is 0 Å². The molecule has 0 saturated heterocycles. The van der Waals surface area contributed by atoms with Gasteiger partial charge in [0.2, 0.25) is 0 Å². The Hall–Kier alpha value is -0.940. The molecule has 6 heteroatoms. The van der Waals surface area contributed by atoms with Gasteiger partial charge in [0.05, 0.1) is 5.75 Å². The minimum atomic E-state index is -1.62. The molecule has 0 fully saturated rings. The maximum atomic E-state index is 12.9. The van der Waals surface area contributed by atoms with Gasteiger partial charge in [0.15, 0.2) is 0 Å². The van der Waals surface area contributed by atoms with Crippen molar-refractivity contribution in [2.75, 3.05) is 0 Å². The molecule has 0 amide bonds. The Labute approximate surface area is 99.7 Å².